The summed E-state index contributed by atoms with van der Waals surface area (Å²) in [6.45, 7) is 0. The van der Waals surface area contributed by atoms with E-state index in [1.165, 1.54) is 6.07 Å². The Hall–Kier alpha value is -1.61. The first kappa shape index (κ1) is 11.9. The number of aromatic amines is 1. The van der Waals surface area contributed by atoms with Crippen molar-refractivity contribution in [2.24, 2.45) is 0 Å². The third-order valence-electron chi connectivity index (χ3n) is 3.05. The lowest BCUT2D eigenvalue weighted by Crippen LogP contribution is -2.24. The molecule has 90 valence electrons. The Kier molecular flexibility index (Phi) is 3.03. The first-order valence-corrected chi connectivity index (χ1v) is 7.18. The van der Waals surface area contributed by atoms with Gasteiger partial charge in [0.1, 0.15) is 21.5 Å². The SMILES string of the molecule is N#Cc1ccc(C2CCS(=O)(=O)CC2)[nH]c1=O. The highest BCUT2D eigenvalue weighted by Gasteiger charge is 2.25. The highest BCUT2D eigenvalue weighted by atomic mass is 32.2. The fourth-order valence-corrected chi connectivity index (χ4v) is 3.51. The van der Waals surface area contributed by atoms with Crippen LogP contribution in [-0.4, -0.2) is 24.9 Å². The highest BCUT2D eigenvalue weighted by molar-refractivity contribution is 7.91. The summed E-state index contributed by atoms with van der Waals surface area (Å²) in [4.78, 5) is 14.1. The molecule has 17 heavy (non-hydrogen) atoms. The maximum Gasteiger partial charge on any atom is 0.266 e. The number of sulfone groups is 1. The summed E-state index contributed by atoms with van der Waals surface area (Å²) in [5.74, 6) is 0.401. The minimum atomic E-state index is -2.89. The summed E-state index contributed by atoms with van der Waals surface area (Å²) in [5, 5.41) is 8.64. The molecule has 0 atom stereocenters. The number of rotatable bonds is 1. The van der Waals surface area contributed by atoms with Gasteiger partial charge in [-0.15, -0.1) is 0 Å². The molecular formula is C11H12N2O3S. The molecule has 1 aromatic rings. The number of pyridine rings is 1. The van der Waals surface area contributed by atoms with E-state index in [1.807, 2.05) is 0 Å². The lowest BCUT2D eigenvalue weighted by Gasteiger charge is -2.21. The predicted molar refractivity (Wildman–Crippen MR) is 62.4 cm³/mol. The molecule has 2 rings (SSSR count). The summed E-state index contributed by atoms with van der Waals surface area (Å²) in [6, 6.07) is 4.98. The van der Waals surface area contributed by atoms with E-state index in [0.717, 1.165) is 5.69 Å². The lowest BCUT2D eigenvalue weighted by molar-refractivity contribution is 0.544. The number of H-pyrrole nitrogens is 1. The molecule has 0 spiro atoms. The van der Waals surface area contributed by atoms with E-state index >= 15 is 0 Å². The third-order valence-corrected chi connectivity index (χ3v) is 4.76. The molecule has 1 N–H and O–H groups in total. The fraction of sp³-hybridized carbons (Fsp3) is 0.455. The van der Waals surface area contributed by atoms with Crippen molar-refractivity contribution in [2.75, 3.05) is 11.5 Å². The van der Waals surface area contributed by atoms with Crippen LogP contribution in [0.4, 0.5) is 0 Å². The van der Waals surface area contributed by atoms with E-state index in [9.17, 15) is 13.2 Å². The molecule has 6 heteroatoms. The van der Waals surface area contributed by atoms with Crippen molar-refractivity contribution in [3.05, 3.63) is 33.7 Å². The maximum absolute atomic E-state index is 11.4. The van der Waals surface area contributed by atoms with Crippen molar-refractivity contribution in [2.45, 2.75) is 18.8 Å². The summed E-state index contributed by atoms with van der Waals surface area (Å²) < 4.78 is 22.6. The van der Waals surface area contributed by atoms with Crippen LogP contribution in [0.2, 0.25) is 0 Å². The van der Waals surface area contributed by atoms with Crippen LogP contribution in [0.5, 0.6) is 0 Å². The molecule has 1 saturated heterocycles. The summed E-state index contributed by atoms with van der Waals surface area (Å²) in [6.07, 6.45) is 1.06. The molecule has 0 aromatic carbocycles. The largest absolute Gasteiger partial charge is 0.325 e. The van der Waals surface area contributed by atoms with Crippen molar-refractivity contribution in [1.82, 2.24) is 4.98 Å². The van der Waals surface area contributed by atoms with Crippen LogP contribution < -0.4 is 5.56 Å². The Bertz CT molecular complexity index is 611. The number of hydrogen-bond donors (Lipinski definition) is 1. The van der Waals surface area contributed by atoms with Gasteiger partial charge >= 0.3 is 0 Å². The van der Waals surface area contributed by atoms with E-state index < -0.39 is 15.4 Å². The normalized spacial score (nSPS) is 19.7. The molecule has 1 aromatic heterocycles. The molecule has 1 aliphatic heterocycles. The quantitative estimate of drug-likeness (QED) is 0.789. The van der Waals surface area contributed by atoms with E-state index in [0.29, 0.717) is 12.8 Å². The predicted octanol–water partition coefficient (Wildman–Crippen LogP) is 0.539. The Morgan fingerprint density at radius 1 is 1.29 bits per heavy atom. The van der Waals surface area contributed by atoms with Gasteiger partial charge in [0.2, 0.25) is 0 Å². The lowest BCUT2D eigenvalue weighted by atomic mass is 9.98. The van der Waals surface area contributed by atoms with Crippen LogP contribution in [0.1, 0.15) is 30.0 Å². The number of nitrogens with one attached hydrogen (secondary N) is 1. The zero-order valence-electron chi connectivity index (χ0n) is 9.14. The monoisotopic (exact) mass is 252 g/mol. The van der Waals surface area contributed by atoms with Gasteiger partial charge < -0.3 is 4.98 Å². The van der Waals surface area contributed by atoms with Crippen LogP contribution in [0.3, 0.4) is 0 Å². The second kappa shape index (κ2) is 4.34. The summed E-state index contributed by atoms with van der Waals surface area (Å²) >= 11 is 0. The number of hydrogen-bond acceptors (Lipinski definition) is 4. The van der Waals surface area contributed by atoms with Gasteiger partial charge in [-0.1, -0.05) is 0 Å². The molecule has 0 aliphatic carbocycles. The smallest absolute Gasteiger partial charge is 0.266 e. The van der Waals surface area contributed by atoms with Crippen molar-refractivity contribution in [1.29, 1.82) is 5.26 Å². The van der Waals surface area contributed by atoms with E-state index in [2.05, 4.69) is 4.98 Å². The van der Waals surface area contributed by atoms with Gasteiger partial charge in [0.15, 0.2) is 0 Å². The molecule has 0 bridgehead atoms. The number of aromatic nitrogens is 1. The molecule has 1 fully saturated rings. The van der Waals surface area contributed by atoms with E-state index in [1.54, 1.807) is 12.1 Å². The summed E-state index contributed by atoms with van der Waals surface area (Å²) in [7, 11) is -2.89. The molecule has 5 nitrogen and oxygen atoms in total. The minimum absolute atomic E-state index is 0.0685. The minimum Gasteiger partial charge on any atom is -0.325 e. The van der Waals surface area contributed by atoms with Crippen LogP contribution in [0, 0.1) is 11.3 Å². The molecule has 2 heterocycles. The van der Waals surface area contributed by atoms with Gasteiger partial charge in [-0.25, -0.2) is 8.42 Å². The van der Waals surface area contributed by atoms with E-state index in [-0.39, 0.29) is 23.0 Å². The second-order valence-corrected chi connectivity index (χ2v) is 6.50. The third kappa shape index (κ3) is 2.56. The Morgan fingerprint density at radius 2 is 1.94 bits per heavy atom. The van der Waals surface area contributed by atoms with Crippen molar-refractivity contribution < 1.29 is 8.42 Å². The Balaban J connectivity index is 2.23. The zero-order valence-corrected chi connectivity index (χ0v) is 9.96. The Labute approximate surface area is 99.0 Å². The van der Waals surface area contributed by atoms with Gasteiger partial charge in [-0.2, -0.15) is 5.26 Å². The molecule has 0 saturated carbocycles. The van der Waals surface area contributed by atoms with Crippen LogP contribution in [0.25, 0.3) is 0 Å². The van der Waals surface area contributed by atoms with Crippen molar-refractivity contribution in [3.63, 3.8) is 0 Å². The molecule has 0 amide bonds. The van der Waals surface area contributed by atoms with Gasteiger partial charge in [0, 0.05) is 11.6 Å². The van der Waals surface area contributed by atoms with Crippen LogP contribution >= 0.6 is 0 Å². The van der Waals surface area contributed by atoms with E-state index in [4.69, 9.17) is 5.26 Å². The standard InChI is InChI=1S/C11H12N2O3S/c12-7-9-1-2-10(13-11(9)14)8-3-5-17(15,16)6-4-8/h1-2,8H,3-6H2,(H,13,14). The van der Waals surface area contributed by atoms with Crippen LogP contribution in [-0.2, 0) is 9.84 Å². The summed E-state index contributed by atoms with van der Waals surface area (Å²) in [5.41, 5.74) is 0.402. The van der Waals surface area contributed by atoms with Gasteiger partial charge in [0.25, 0.3) is 5.56 Å². The molecular weight excluding hydrogens is 240 g/mol. The van der Waals surface area contributed by atoms with Crippen molar-refractivity contribution >= 4 is 9.84 Å². The second-order valence-electron chi connectivity index (χ2n) is 4.19. The molecule has 0 unspecified atom stereocenters. The average molecular weight is 252 g/mol. The van der Waals surface area contributed by atoms with Crippen LogP contribution in [0.15, 0.2) is 16.9 Å². The zero-order chi connectivity index (χ0) is 12.5. The van der Waals surface area contributed by atoms with Gasteiger partial charge in [-0.05, 0) is 25.0 Å². The molecule has 1 aliphatic rings. The number of nitriles is 1. The maximum atomic E-state index is 11.4. The van der Waals surface area contributed by atoms with Gasteiger partial charge in [0.05, 0.1) is 11.5 Å². The highest BCUT2D eigenvalue weighted by Crippen LogP contribution is 2.27. The van der Waals surface area contributed by atoms with Crippen molar-refractivity contribution in [3.8, 4) is 6.07 Å². The number of nitrogens with zero attached hydrogens (tertiary/aromatic N) is 1. The Morgan fingerprint density at radius 3 is 2.47 bits per heavy atom. The first-order valence-electron chi connectivity index (χ1n) is 5.35. The first-order chi connectivity index (χ1) is 8.02. The topological polar surface area (TPSA) is 90.8 Å². The molecule has 0 radical (unpaired) electrons. The fourth-order valence-electron chi connectivity index (χ4n) is 2.02. The average Bonchev–Trinajstić information content (AvgIpc) is 2.29. The van der Waals surface area contributed by atoms with Gasteiger partial charge in [-0.3, -0.25) is 4.79 Å².